The van der Waals surface area contributed by atoms with Crippen molar-refractivity contribution in [2.75, 3.05) is 6.54 Å². The van der Waals surface area contributed by atoms with E-state index in [-0.39, 0.29) is 5.82 Å². The fraction of sp³-hybridized carbons (Fsp3) is 0.412. The van der Waals surface area contributed by atoms with E-state index in [0.29, 0.717) is 23.5 Å². The maximum absolute atomic E-state index is 13.3. The van der Waals surface area contributed by atoms with Crippen LogP contribution in [0.3, 0.4) is 0 Å². The molecule has 0 saturated carbocycles. The predicted octanol–water partition coefficient (Wildman–Crippen LogP) is 4.64. The third kappa shape index (κ3) is 4.08. The zero-order valence-electron chi connectivity index (χ0n) is 12.7. The molecule has 0 radical (unpaired) electrons. The van der Waals surface area contributed by atoms with Gasteiger partial charge in [-0.25, -0.2) is 4.39 Å². The van der Waals surface area contributed by atoms with E-state index in [1.54, 1.807) is 6.07 Å². The van der Waals surface area contributed by atoms with E-state index in [4.69, 9.17) is 11.6 Å². The number of nitrogens with zero attached hydrogens (tertiary/aromatic N) is 1. The molecule has 1 unspecified atom stereocenters. The Balaban J connectivity index is 2.17. The number of nitrogens with one attached hydrogen (secondary N) is 1. The monoisotopic (exact) mass is 308 g/mol. The molecule has 114 valence electrons. The van der Waals surface area contributed by atoms with Gasteiger partial charge in [0.05, 0.1) is 0 Å². The quantitative estimate of drug-likeness (QED) is 0.823. The van der Waals surface area contributed by atoms with E-state index in [9.17, 15) is 4.39 Å². The molecule has 1 N–H and O–H groups in total. The molecule has 1 heterocycles. The highest BCUT2D eigenvalue weighted by Gasteiger charge is 2.15. The maximum Gasteiger partial charge on any atom is 0.123 e. The molecule has 1 aromatic heterocycles. The van der Waals surface area contributed by atoms with E-state index < -0.39 is 0 Å². The Morgan fingerprint density at radius 1 is 1.29 bits per heavy atom. The lowest BCUT2D eigenvalue weighted by molar-refractivity contribution is 0.421. The van der Waals surface area contributed by atoms with Gasteiger partial charge in [0.1, 0.15) is 5.82 Å². The Hall–Kier alpha value is -1.32. The molecule has 21 heavy (non-hydrogen) atoms. The predicted molar refractivity (Wildman–Crippen MR) is 86.2 cm³/mol. The molecule has 2 rings (SSSR count). The summed E-state index contributed by atoms with van der Waals surface area (Å²) >= 11 is 6.12. The summed E-state index contributed by atoms with van der Waals surface area (Å²) in [5, 5.41) is 4.09. The number of benzene rings is 1. The van der Waals surface area contributed by atoms with Gasteiger partial charge in [0.2, 0.25) is 0 Å². The smallest absolute Gasteiger partial charge is 0.123 e. The minimum atomic E-state index is -0.255. The van der Waals surface area contributed by atoms with Gasteiger partial charge in [-0.15, -0.1) is 0 Å². The van der Waals surface area contributed by atoms with E-state index >= 15 is 0 Å². The van der Waals surface area contributed by atoms with Crippen molar-refractivity contribution >= 4 is 11.6 Å². The molecule has 4 heteroatoms. The van der Waals surface area contributed by atoms with Crippen LogP contribution in [-0.2, 0) is 6.54 Å². The third-order valence-electron chi connectivity index (χ3n) is 3.58. The lowest BCUT2D eigenvalue weighted by atomic mass is 9.98. The van der Waals surface area contributed by atoms with Crippen LogP contribution in [0.2, 0.25) is 5.02 Å². The fourth-order valence-electron chi connectivity index (χ4n) is 2.56. The van der Waals surface area contributed by atoms with Crippen molar-refractivity contribution in [1.82, 2.24) is 9.88 Å². The van der Waals surface area contributed by atoms with Gasteiger partial charge in [-0.3, -0.25) is 0 Å². The van der Waals surface area contributed by atoms with E-state index in [0.717, 1.165) is 12.1 Å². The second kappa shape index (κ2) is 7.10. The van der Waals surface area contributed by atoms with Crippen molar-refractivity contribution in [2.45, 2.75) is 33.4 Å². The minimum absolute atomic E-state index is 0.255. The molecule has 0 amide bonds. The summed E-state index contributed by atoms with van der Waals surface area (Å²) in [5.41, 5.74) is 2.04. The van der Waals surface area contributed by atoms with E-state index in [2.05, 4.69) is 38.4 Å². The van der Waals surface area contributed by atoms with Crippen LogP contribution < -0.4 is 5.32 Å². The van der Waals surface area contributed by atoms with Crippen molar-refractivity contribution in [2.24, 2.45) is 5.92 Å². The van der Waals surface area contributed by atoms with Gasteiger partial charge in [0.25, 0.3) is 0 Å². The summed E-state index contributed by atoms with van der Waals surface area (Å²) in [6.45, 7) is 8.03. The van der Waals surface area contributed by atoms with Crippen LogP contribution in [0.25, 0.3) is 0 Å². The molecule has 0 fully saturated rings. The van der Waals surface area contributed by atoms with Gasteiger partial charge in [-0.2, -0.15) is 0 Å². The van der Waals surface area contributed by atoms with Crippen molar-refractivity contribution in [3.63, 3.8) is 0 Å². The maximum atomic E-state index is 13.3. The number of hydrogen-bond acceptors (Lipinski definition) is 1. The van der Waals surface area contributed by atoms with Crippen LogP contribution in [0.5, 0.6) is 0 Å². The average Bonchev–Trinajstić information content (AvgIpc) is 2.88. The minimum Gasteiger partial charge on any atom is -0.350 e. The number of hydrogen-bond donors (Lipinski definition) is 1. The van der Waals surface area contributed by atoms with E-state index in [1.165, 1.54) is 17.7 Å². The van der Waals surface area contributed by atoms with Gasteiger partial charge < -0.3 is 9.88 Å². The molecule has 1 aromatic carbocycles. The van der Waals surface area contributed by atoms with Gasteiger partial charge in [0.15, 0.2) is 0 Å². The summed E-state index contributed by atoms with van der Waals surface area (Å²) in [6.07, 6.45) is 4.12. The van der Waals surface area contributed by atoms with Crippen LogP contribution in [-0.4, -0.2) is 11.1 Å². The van der Waals surface area contributed by atoms with Gasteiger partial charge in [-0.1, -0.05) is 32.4 Å². The molecule has 0 saturated heterocycles. The number of rotatable bonds is 6. The zero-order valence-corrected chi connectivity index (χ0v) is 13.5. The molecule has 0 aliphatic rings. The lowest BCUT2D eigenvalue weighted by Crippen LogP contribution is -2.25. The number of halogens is 2. The Labute approximate surface area is 130 Å². The van der Waals surface area contributed by atoms with Gasteiger partial charge in [0, 0.05) is 30.0 Å². The average molecular weight is 309 g/mol. The first-order valence-electron chi connectivity index (χ1n) is 7.34. The SMILES string of the molecule is CCNC(c1ccn(Cc2cc(F)ccc2Cl)c1)C(C)C. The Bertz CT molecular complexity index is 592. The summed E-state index contributed by atoms with van der Waals surface area (Å²) < 4.78 is 15.4. The molecule has 0 spiro atoms. The largest absolute Gasteiger partial charge is 0.350 e. The van der Waals surface area contributed by atoms with Crippen LogP contribution in [0.1, 0.15) is 37.9 Å². The van der Waals surface area contributed by atoms with Crippen LogP contribution in [0.4, 0.5) is 4.39 Å². The topological polar surface area (TPSA) is 17.0 Å². The first-order chi connectivity index (χ1) is 10.0. The van der Waals surface area contributed by atoms with Crippen molar-refractivity contribution in [3.8, 4) is 0 Å². The molecular weight excluding hydrogens is 287 g/mol. The first kappa shape index (κ1) is 16.1. The second-order valence-electron chi connectivity index (χ2n) is 5.63. The molecule has 0 aliphatic heterocycles. The summed E-state index contributed by atoms with van der Waals surface area (Å²) in [4.78, 5) is 0. The molecule has 2 aromatic rings. The third-order valence-corrected chi connectivity index (χ3v) is 3.95. The van der Waals surface area contributed by atoms with Gasteiger partial charge in [-0.05, 0) is 47.9 Å². The zero-order chi connectivity index (χ0) is 15.4. The molecular formula is C17H22ClFN2. The Morgan fingerprint density at radius 3 is 2.71 bits per heavy atom. The normalized spacial score (nSPS) is 12.9. The molecule has 0 aliphatic carbocycles. The first-order valence-corrected chi connectivity index (χ1v) is 7.72. The summed E-state index contributed by atoms with van der Waals surface area (Å²) in [5.74, 6) is 0.257. The van der Waals surface area contributed by atoms with Crippen LogP contribution in [0, 0.1) is 11.7 Å². The molecule has 2 nitrogen and oxygen atoms in total. The Morgan fingerprint density at radius 2 is 2.05 bits per heavy atom. The summed E-state index contributed by atoms with van der Waals surface area (Å²) in [7, 11) is 0. The van der Waals surface area contributed by atoms with Gasteiger partial charge >= 0.3 is 0 Å². The number of aromatic nitrogens is 1. The lowest BCUT2D eigenvalue weighted by Gasteiger charge is -2.20. The van der Waals surface area contributed by atoms with Crippen molar-refractivity contribution in [3.05, 3.63) is 58.6 Å². The van der Waals surface area contributed by atoms with Crippen LogP contribution >= 0.6 is 11.6 Å². The highest BCUT2D eigenvalue weighted by Crippen LogP contribution is 2.23. The second-order valence-corrected chi connectivity index (χ2v) is 6.04. The summed E-state index contributed by atoms with van der Waals surface area (Å²) in [6, 6.07) is 6.92. The van der Waals surface area contributed by atoms with E-state index in [1.807, 2.05) is 10.8 Å². The van der Waals surface area contributed by atoms with Crippen molar-refractivity contribution < 1.29 is 4.39 Å². The fourth-order valence-corrected chi connectivity index (χ4v) is 2.74. The Kier molecular flexibility index (Phi) is 5.43. The molecule has 1 atom stereocenters. The molecule has 0 bridgehead atoms. The van der Waals surface area contributed by atoms with Crippen LogP contribution in [0.15, 0.2) is 36.7 Å². The highest BCUT2D eigenvalue weighted by atomic mass is 35.5. The van der Waals surface area contributed by atoms with Crippen molar-refractivity contribution in [1.29, 1.82) is 0 Å². The highest BCUT2D eigenvalue weighted by molar-refractivity contribution is 6.31. The standard InChI is InChI=1S/C17H22ClFN2/c1-4-20-17(12(2)3)13-7-8-21(10-13)11-14-9-15(19)5-6-16(14)18/h5-10,12,17,20H,4,11H2,1-3H3.